The average Bonchev–Trinajstić information content (AvgIpc) is 3.51. The first-order chi connectivity index (χ1) is 20.0. The maximum absolute atomic E-state index is 14.8. The van der Waals surface area contributed by atoms with Crippen LogP contribution in [0.3, 0.4) is 0 Å². The summed E-state index contributed by atoms with van der Waals surface area (Å²) in [6.07, 6.45) is 7.41. The van der Waals surface area contributed by atoms with Gasteiger partial charge in [-0.05, 0) is 82.4 Å². The number of aliphatic hydroxyl groups is 1. The third kappa shape index (κ3) is 5.55. The van der Waals surface area contributed by atoms with Gasteiger partial charge in [0.2, 0.25) is 5.91 Å². The SMILES string of the molecule is C=CCCCCOC(=O)[C@H]1[C@H]2C(=O)N([C@@H](CO)CC(C)C)C(C(=O)N(CC=C)c3cc(C)ccc3C)C23CC[C@]1(C)O3. The summed E-state index contributed by atoms with van der Waals surface area (Å²) in [7, 11) is 0. The zero-order chi connectivity index (χ0) is 30.8. The molecule has 1 aromatic carbocycles. The van der Waals surface area contributed by atoms with Crippen molar-refractivity contribution in [1.82, 2.24) is 4.90 Å². The minimum atomic E-state index is -1.20. The molecule has 6 atom stereocenters. The number of unbranched alkanes of at least 4 members (excludes halogenated alkanes) is 2. The van der Waals surface area contributed by atoms with Crippen LogP contribution in [0.4, 0.5) is 5.69 Å². The van der Waals surface area contributed by atoms with Crippen LogP contribution < -0.4 is 4.90 Å². The zero-order valence-electron chi connectivity index (χ0n) is 25.9. The molecular weight excluding hydrogens is 532 g/mol. The van der Waals surface area contributed by atoms with Gasteiger partial charge in [-0.25, -0.2) is 0 Å². The first kappa shape index (κ1) is 32.0. The van der Waals surface area contributed by atoms with E-state index in [4.69, 9.17) is 9.47 Å². The molecule has 0 saturated carbocycles. The number of aliphatic hydroxyl groups excluding tert-OH is 1. The van der Waals surface area contributed by atoms with E-state index in [-0.39, 0.29) is 37.5 Å². The van der Waals surface area contributed by atoms with E-state index in [1.54, 1.807) is 15.9 Å². The Hall–Kier alpha value is -2.97. The highest BCUT2D eigenvalue weighted by Crippen LogP contribution is 2.64. The molecule has 3 fully saturated rings. The van der Waals surface area contributed by atoms with Crippen LogP contribution >= 0.6 is 0 Å². The van der Waals surface area contributed by atoms with Crippen LogP contribution in [-0.2, 0) is 23.9 Å². The van der Waals surface area contributed by atoms with Crippen LogP contribution in [0.2, 0.25) is 0 Å². The standard InChI is InChI=1S/C34H48N2O6/c1-8-10-11-12-18-41-32(40)28-27-30(38)36(25(21-37)19-22(3)4)29(34(27)16-15-33(28,7)42-34)31(39)35(17-9-2)26-20-23(5)13-14-24(26)6/h8-9,13-14,20,22,25,27-29,37H,1-2,10-12,15-19,21H2,3-7H3/t25-,27+,28-,29?,33+,34?/m1/s1. The van der Waals surface area contributed by atoms with Crippen molar-refractivity contribution in [2.24, 2.45) is 17.8 Å². The summed E-state index contributed by atoms with van der Waals surface area (Å²) in [5.74, 6) is -2.58. The Morgan fingerprint density at radius 2 is 1.95 bits per heavy atom. The Labute approximate surface area is 250 Å². The predicted molar refractivity (Wildman–Crippen MR) is 163 cm³/mol. The molecule has 3 aliphatic rings. The summed E-state index contributed by atoms with van der Waals surface area (Å²) in [6, 6.07) is 4.34. The third-order valence-corrected chi connectivity index (χ3v) is 9.33. The molecule has 3 aliphatic heterocycles. The Balaban J connectivity index is 1.78. The number of hydrogen-bond acceptors (Lipinski definition) is 6. The van der Waals surface area contributed by atoms with Gasteiger partial charge < -0.3 is 24.4 Å². The average molecular weight is 581 g/mol. The highest BCUT2D eigenvalue weighted by Gasteiger charge is 2.79. The predicted octanol–water partition coefficient (Wildman–Crippen LogP) is 4.89. The maximum Gasteiger partial charge on any atom is 0.312 e. The first-order valence-corrected chi connectivity index (χ1v) is 15.4. The number of anilines is 1. The number of benzene rings is 1. The van der Waals surface area contributed by atoms with Gasteiger partial charge in [0.15, 0.2) is 0 Å². The number of carbonyl (C=O) groups is 3. The molecule has 230 valence electrons. The fourth-order valence-electron chi connectivity index (χ4n) is 7.46. The van der Waals surface area contributed by atoms with Gasteiger partial charge in [-0.2, -0.15) is 0 Å². The van der Waals surface area contributed by atoms with Gasteiger partial charge in [0.05, 0.1) is 30.8 Å². The summed E-state index contributed by atoms with van der Waals surface area (Å²) in [5.41, 5.74) is 0.548. The van der Waals surface area contributed by atoms with Gasteiger partial charge in [-0.3, -0.25) is 14.4 Å². The number of fused-ring (bicyclic) bond motifs is 1. The van der Waals surface area contributed by atoms with Crippen LogP contribution in [0, 0.1) is 31.6 Å². The molecule has 4 rings (SSSR count). The van der Waals surface area contributed by atoms with Crippen molar-refractivity contribution in [3.63, 3.8) is 0 Å². The number of amides is 2. The highest BCUT2D eigenvalue weighted by atomic mass is 16.6. The Morgan fingerprint density at radius 1 is 1.21 bits per heavy atom. The summed E-state index contributed by atoms with van der Waals surface area (Å²) >= 11 is 0. The minimum Gasteiger partial charge on any atom is -0.465 e. The van der Waals surface area contributed by atoms with Crippen molar-refractivity contribution < 1.29 is 29.0 Å². The van der Waals surface area contributed by atoms with Crippen molar-refractivity contribution in [3.8, 4) is 0 Å². The van der Waals surface area contributed by atoms with Crippen molar-refractivity contribution in [2.75, 3.05) is 24.7 Å². The molecule has 1 N–H and O–H groups in total. The van der Waals surface area contributed by atoms with E-state index < -0.39 is 41.1 Å². The summed E-state index contributed by atoms with van der Waals surface area (Å²) in [4.78, 5) is 46.2. The smallest absolute Gasteiger partial charge is 0.312 e. The molecule has 2 unspecified atom stereocenters. The number of aryl methyl sites for hydroxylation is 2. The van der Waals surface area contributed by atoms with E-state index in [2.05, 4.69) is 13.2 Å². The quantitative estimate of drug-likeness (QED) is 0.191. The molecule has 42 heavy (non-hydrogen) atoms. The fourth-order valence-corrected chi connectivity index (χ4v) is 7.46. The van der Waals surface area contributed by atoms with Crippen LogP contribution in [-0.4, -0.2) is 70.8 Å². The number of ether oxygens (including phenoxy) is 2. The van der Waals surface area contributed by atoms with Gasteiger partial charge in [0, 0.05) is 12.2 Å². The molecule has 1 aromatic rings. The molecule has 0 aliphatic carbocycles. The van der Waals surface area contributed by atoms with Crippen molar-refractivity contribution in [3.05, 3.63) is 54.6 Å². The number of esters is 1. The Morgan fingerprint density at radius 3 is 2.60 bits per heavy atom. The Kier molecular flexibility index (Phi) is 9.68. The maximum atomic E-state index is 14.8. The van der Waals surface area contributed by atoms with Crippen molar-refractivity contribution in [1.29, 1.82) is 0 Å². The van der Waals surface area contributed by atoms with Gasteiger partial charge in [0.1, 0.15) is 17.6 Å². The lowest BCUT2D eigenvalue weighted by atomic mass is 9.66. The molecule has 2 amide bonds. The number of carbonyl (C=O) groups excluding carboxylic acids is 3. The largest absolute Gasteiger partial charge is 0.465 e. The second kappa shape index (κ2) is 12.7. The van der Waals surface area contributed by atoms with Crippen LogP contribution in [0.25, 0.3) is 0 Å². The van der Waals surface area contributed by atoms with Crippen LogP contribution in [0.1, 0.15) is 70.4 Å². The lowest BCUT2D eigenvalue weighted by Gasteiger charge is -2.40. The van der Waals surface area contributed by atoms with E-state index in [1.165, 1.54) is 0 Å². The summed E-state index contributed by atoms with van der Waals surface area (Å²) in [5, 5.41) is 10.6. The molecule has 8 heteroatoms. The molecule has 8 nitrogen and oxygen atoms in total. The molecule has 3 saturated heterocycles. The van der Waals surface area contributed by atoms with E-state index in [0.29, 0.717) is 25.7 Å². The summed E-state index contributed by atoms with van der Waals surface area (Å²) < 4.78 is 12.5. The van der Waals surface area contributed by atoms with E-state index in [9.17, 15) is 19.5 Å². The molecule has 3 heterocycles. The topological polar surface area (TPSA) is 96.4 Å². The van der Waals surface area contributed by atoms with E-state index in [0.717, 1.165) is 29.7 Å². The minimum absolute atomic E-state index is 0.165. The van der Waals surface area contributed by atoms with Crippen molar-refractivity contribution in [2.45, 2.75) is 96.4 Å². The van der Waals surface area contributed by atoms with E-state index >= 15 is 0 Å². The van der Waals surface area contributed by atoms with Crippen molar-refractivity contribution >= 4 is 23.5 Å². The van der Waals surface area contributed by atoms with Gasteiger partial charge in [-0.1, -0.05) is 38.1 Å². The number of rotatable bonds is 14. The first-order valence-electron chi connectivity index (χ1n) is 15.4. The second-order valence-electron chi connectivity index (χ2n) is 12.9. The number of allylic oxidation sites excluding steroid dienone is 1. The van der Waals surface area contributed by atoms with E-state index in [1.807, 2.05) is 58.9 Å². The molecular formula is C34H48N2O6. The van der Waals surface area contributed by atoms with Crippen LogP contribution in [0.15, 0.2) is 43.5 Å². The van der Waals surface area contributed by atoms with Crippen LogP contribution in [0.5, 0.6) is 0 Å². The normalized spacial score (nSPS) is 28.6. The molecule has 0 radical (unpaired) electrons. The third-order valence-electron chi connectivity index (χ3n) is 9.33. The zero-order valence-corrected chi connectivity index (χ0v) is 25.9. The lowest BCUT2D eigenvalue weighted by Crippen LogP contribution is -2.59. The van der Waals surface area contributed by atoms with Gasteiger partial charge in [0.25, 0.3) is 5.91 Å². The Bertz CT molecular complexity index is 1210. The molecule has 2 bridgehead atoms. The lowest BCUT2D eigenvalue weighted by molar-refractivity contribution is -0.160. The number of nitrogens with zero attached hydrogens (tertiary/aromatic N) is 2. The number of likely N-dealkylation sites (tertiary alicyclic amines) is 1. The second-order valence-corrected chi connectivity index (χ2v) is 12.9. The highest BCUT2D eigenvalue weighted by molar-refractivity contribution is 6.05. The fraction of sp³-hybridized carbons (Fsp3) is 0.618. The molecule has 0 aromatic heterocycles. The van der Waals surface area contributed by atoms with Gasteiger partial charge >= 0.3 is 5.97 Å². The molecule has 1 spiro atoms. The number of hydrogen-bond donors (Lipinski definition) is 1. The monoisotopic (exact) mass is 580 g/mol. The van der Waals surface area contributed by atoms with Gasteiger partial charge in [-0.15, -0.1) is 13.2 Å². The summed E-state index contributed by atoms with van der Waals surface area (Å²) in [6.45, 7) is 17.7.